The third kappa shape index (κ3) is 3.23. The number of benzene rings is 1. The zero-order valence-corrected chi connectivity index (χ0v) is 12.5. The van der Waals surface area contributed by atoms with Crippen molar-refractivity contribution in [3.8, 4) is 0 Å². The molecular weight excluding hydrogens is 302 g/mol. The Morgan fingerprint density at radius 2 is 1.96 bits per heavy atom. The first kappa shape index (κ1) is 15.6. The fraction of sp³-hybridized carbons (Fsp3) is 0.438. The second-order valence-electron chi connectivity index (χ2n) is 5.79. The minimum atomic E-state index is -2.75. The van der Waals surface area contributed by atoms with Crippen LogP contribution < -0.4 is 11.1 Å². The fourth-order valence-electron chi connectivity index (χ4n) is 3.12. The van der Waals surface area contributed by atoms with Gasteiger partial charge in [0, 0.05) is 11.4 Å². The predicted molar refractivity (Wildman–Crippen MR) is 83.1 cm³/mol. The van der Waals surface area contributed by atoms with Crippen LogP contribution in [0.4, 0.5) is 14.6 Å². The van der Waals surface area contributed by atoms with E-state index in [1.807, 2.05) is 0 Å². The second-order valence-corrected chi connectivity index (χ2v) is 5.79. The lowest BCUT2D eigenvalue weighted by molar-refractivity contribution is -0.122. The van der Waals surface area contributed by atoms with Gasteiger partial charge in [-0.05, 0) is 25.0 Å². The highest BCUT2D eigenvalue weighted by atomic mass is 19.3. The molecule has 1 amide bonds. The molecule has 1 aromatic heterocycles. The number of aromatic nitrogens is 2. The number of halogens is 2. The van der Waals surface area contributed by atoms with Gasteiger partial charge in [0.15, 0.2) is 5.82 Å². The predicted octanol–water partition coefficient (Wildman–Crippen LogP) is 3.02. The Morgan fingerprint density at radius 3 is 2.70 bits per heavy atom. The number of nitrogens with zero attached hydrogens (tertiary/aromatic N) is 2. The number of para-hydroxylation sites is 1. The third-order valence-corrected chi connectivity index (χ3v) is 4.27. The molecule has 2 unspecified atom stereocenters. The van der Waals surface area contributed by atoms with Gasteiger partial charge in [-0.2, -0.15) is 0 Å². The van der Waals surface area contributed by atoms with Gasteiger partial charge in [-0.15, -0.1) is 0 Å². The maximum Gasteiger partial charge on any atom is 0.297 e. The van der Waals surface area contributed by atoms with E-state index in [1.165, 1.54) is 0 Å². The molecule has 1 aromatic carbocycles. The minimum absolute atomic E-state index is 0.190. The number of amides is 1. The van der Waals surface area contributed by atoms with Gasteiger partial charge in [0.05, 0.1) is 11.4 Å². The molecule has 23 heavy (non-hydrogen) atoms. The number of carbonyl (C=O) groups is 1. The van der Waals surface area contributed by atoms with Crippen LogP contribution in [0.15, 0.2) is 24.3 Å². The summed E-state index contributed by atoms with van der Waals surface area (Å²) in [6, 6.07) is 6.78. The number of hydrogen-bond donors (Lipinski definition) is 2. The number of fused-ring (bicyclic) bond motifs is 1. The van der Waals surface area contributed by atoms with E-state index in [1.54, 1.807) is 24.3 Å². The number of nitrogens with two attached hydrogens (primary N) is 1. The normalized spacial score (nSPS) is 21.5. The summed E-state index contributed by atoms with van der Waals surface area (Å²) < 4.78 is 26.1. The highest BCUT2D eigenvalue weighted by Gasteiger charge is 2.30. The highest BCUT2D eigenvalue weighted by Crippen LogP contribution is 2.30. The SMILES string of the molecule is NC(=O)C1CCCCC1Nc1nc(C(F)F)nc2ccccc12. The average Bonchev–Trinajstić information content (AvgIpc) is 2.55. The van der Waals surface area contributed by atoms with Crippen molar-refractivity contribution in [1.29, 1.82) is 0 Å². The van der Waals surface area contributed by atoms with E-state index >= 15 is 0 Å². The van der Waals surface area contributed by atoms with Gasteiger partial charge in [-0.3, -0.25) is 4.79 Å². The Hall–Kier alpha value is -2.31. The van der Waals surface area contributed by atoms with Crippen LogP contribution >= 0.6 is 0 Å². The van der Waals surface area contributed by atoms with E-state index in [9.17, 15) is 13.6 Å². The van der Waals surface area contributed by atoms with Gasteiger partial charge in [0.25, 0.3) is 6.43 Å². The lowest BCUT2D eigenvalue weighted by Gasteiger charge is -2.30. The summed E-state index contributed by atoms with van der Waals surface area (Å²) in [5.41, 5.74) is 5.92. The minimum Gasteiger partial charge on any atom is -0.369 e. The summed E-state index contributed by atoms with van der Waals surface area (Å²) in [4.78, 5) is 19.5. The molecule has 0 radical (unpaired) electrons. The van der Waals surface area contributed by atoms with Crippen molar-refractivity contribution >= 4 is 22.6 Å². The van der Waals surface area contributed by atoms with E-state index in [0.29, 0.717) is 23.1 Å². The van der Waals surface area contributed by atoms with Crippen LogP contribution in [0.5, 0.6) is 0 Å². The number of carbonyl (C=O) groups excluding carboxylic acids is 1. The largest absolute Gasteiger partial charge is 0.369 e. The lowest BCUT2D eigenvalue weighted by atomic mass is 9.84. The van der Waals surface area contributed by atoms with Crippen molar-refractivity contribution in [3.05, 3.63) is 30.1 Å². The zero-order chi connectivity index (χ0) is 16.4. The van der Waals surface area contributed by atoms with Crippen molar-refractivity contribution in [1.82, 2.24) is 9.97 Å². The van der Waals surface area contributed by atoms with Crippen LogP contribution in [-0.2, 0) is 4.79 Å². The fourth-order valence-corrected chi connectivity index (χ4v) is 3.12. The molecule has 2 atom stereocenters. The first-order valence-electron chi connectivity index (χ1n) is 7.67. The first-order valence-corrected chi connectivity index (χ1v) is 7.67. The molecule has 1 saturated carbocycles. The van der Waals surface area contributed by atoms with Gasteiger partial charge in [0.1, 0.15) is 5.82 Å². The monoisotopic (exact) mass is 320 g/mol. The molecule has 1 aliphatic rings. The van der Waals surface area contributed by atoms with E-state index in [0.717, 1.165) is 19.3 Å². The van der Waals surface area contributed by atoms with Gasteiger partial charge in [-0.1, -0.05) is 25.0 Å². The Kier molecular flexibility index (Phi) is 4.36. The summed E-state index contributed by atoms with van der Waals surface area (Å²) in [6.45, 7) is 0. The smallest absolute Gasteiger partial charge is 0.297 e. The summed E-state index contributed by atoms with van der Waals surface area (Å²) in [7, 11) is 0. The van der Waals surface area contributed by atoms with Crippen LogP contribution in [0.2, 0.25) is 0 Å². The van der Waals surface area contributed by atoms with Gasteiger partial charge in [0.2, 0.25) is 5.91 Å². The van der Waals surface area contributed by atoms with Gasteiger partial charge >= 0.3 is 0 Å². The summed E-state index contributed by atoms with van der Waals surface area (Å²) in [5, 5.41) is 3.82. The molecule has 1 heterocycles. The van der Waals surface area contributed by atoms with E-state index < -0.39 is 12.2 Å². The quantitative estimate of drug-likeness (QED) is 0.907. The maximum absolute atomic E-state index is 13.0. The molecule has 1 fully saturated rings. The number of nitrogens with one attached hydrogen (secondary N) is 1. The van der Waals surface area contributed by atoms with Crippen molar-refractivity contribution in [2.75, 3.05) is 5.32 Å². The van der Waals surface area contributed by atoms with Crippen LogP contribution in [0.25, 0.3) is 10.9 Å². The number of primary amides is 1. The average molecular weight is 320 g/mol. The Labute approximate surface area is 132 Å². The summed E-state index contributed by atoms with van der Waals surface area (Å²) in [6.07, 6.45) is 0.622. The molecule has 122 valence electrons. The number of alkyl halides is 2. The second kappa shape index (κ2) is 6.44. The Balaban J connectivity index is 1.99. The third-order valence-electron chi connectivity index (χ3n) is 4.27. The van der Waals surface area contributed by atoms with E-state index in [-0.39, 0.29) is 17.9 Å². The van der Waals surface area contributed by atoms with Crippen LogP contribution in [0.3, 0.4) is 0 Å². The van der Waals surface area contributed by atoms with Gasteiger partial charge in [-0.25, -0.2) is 18.7 Å². The van der Waals surface area contributed by atoms with Crippen LogP contribution in [0.1, 0.15) is 37.9 Å². The molecule has 1 aliphatic carbocycles. The van der Waals surface area contributed by atoms with E-state index in [2.05, 4.69) is 15.3 Å². The van der Waals surface area contributed by atoms with Crippen LogP contribution in [-0.4, -0.2) is 21.9 Å². The van der Waals surface area contributed by atoms with Crippen molar-refractivity contribution in [3.63, 3.8) is 0 Å². The van der Waals surface area contributed by atoms with Crippen LogP contribution in [0, 0.1) is 5.92 Å². The standard InChI is InChI=1S/C16H18F2N4O/c17-13(18)16-21-12-8-4-2-6-10(12)15(22-16)20-11-7-3-1-5-9(11)14(19)23/h2,4,6,8-9,11,13H,1,3,5,7H2,(H2,19,23)(H,20,21,22). The molecule has 2 aromatic rings. The molecule has 0 saturated heterocycles. The first-order chi connectivity index (χ1) is 11.1. The van der Waals surface area contributed by atoms with E-state index in [4.69, 9.17) is 5.73 Å². The Bertz CT molecular complexity index is 722. The molecule has 0 spiro atoms. The number of anilines is 1. The molecule has 7 heteroatoms. The Morgan fingerprint density at radius 1 is 1.22 bits per heavy atom. The molecular formula is C16H18F2N4O. The lowest BCUT2D eigenvalue weighted by Crippen LogP contribution is -2.40. The van der Waals surface area contributed by atoms with Crippen molar-refractivity contribution < 1.29 is 13.6 Å². The summed E-state index contributed by atoms with van der Waals surface area (Å²) in [5.74, 6) is -0.858. The molecule has 3 rings (SSSR count). The molecule has 0 aliphatic heterocycles. The highest BCUT2D eigenvalue weighted by molar-refractivity contribution is 5.89. The zero-order valence-electron chi connectivity index (χ0n) is 12.5. The maximum atomic E-state index is 13.0. The van der Waals surface area contributed by atoms with Crippen molar-refractivity contribution in [2.45, 2.75) is 38.2 Å². The van der Waals surface area contributed by atoms with Crippen molar-refractivity contribution in [2.24, 2.45) is 11.7 Å². The molecule has 3 N–H and O–H groups in total. The molecule has 5 nitrogen and oxygen atoms in total. The topological polar surface area (TPSA) is 80.9 Å². The number of rotatable bonds is 4. The summed E-state index contributed by atoms with van der Waals surface area (Å²) >= 11 is 0. The number of hydrogen-bond acceptors (Lipinski definition) is 4. The molecule has 0 bridgehead atoms. The van der Waals surface area contributed by atoms with Gasteiger partial charge < -0.3 is 11.1 Å².